The van der Waals surface area contributed by atoms with Gasteiger partial charge in [-0.15, -0.1) is 0 Å². The molecule has 2 aliphatic rings. The van der Waals surface area contributed by atoms with Gasteiger partial charge in [0.1, 0.15) is 17.2 Å². The Kier molecular flexibility index (Phi) is 5.35. The number of hydrogen-bond acceptors (Lipinski definition) is 2. The van der Waals surface area contributed by atoms with Gasteiger partial charge in [-0.05, 0) is 74.4 Å². The van der Waals surface area contributed by atoms with Crippen LogP contribution in [0.4, 0.5) is 14.5 Å². The second-order valence-corrected chi connectivity index (χ2v) is 7.91. The number of fused-ring (bicyclic) bond motifs is 1. The molecule has 1 aliphatic carbocycles. The number of amides is 2. The van der Waals surface area contributed by atoms with Gasteiger partial charge in [0.05, 0.1) is 5.92 Å². The van der Waals surface area contributed by atoms with Gasteiger partial charge >= 0.3 is 0 Å². The quantitative estimate of drug-likeness (QED) is 0.837. The first-order valence-corrected chi connectivity index (χ1v) is 10.1. The number of aryl methyl sites for hydroxylation is 2. The van der Waals surface area contributed by atoms with Crippen molar-refractivity contribution in [3.05, 3.63) is 64.7 Å². The normalized spacial score (nSPS) is 21.0. The van der Waals surface area contributed by atoms with Crippen molar-refractivity contribution in [2.24, 2.45) is 5.92 Å². The summed E-state index contributed by atoms with van der Waals surface area (Å²) in [5, 5.41) is 2.97. The fourth-order valence-corrected chi connectivity index (χ4v) is 4.51. The maximum atomic E-state index is 14.1. The Morgan fingerprint density at radius 3 is 2.52 bits per heavy atom. The number of carbonyl (C=O) groups excluding carboxylic acids is 2. The van der Waals surface area contributed by atoms with Crippen LogP contribution >= 0.6 is 0 Å². The van der Waals surface area contributed by atoms with Gasteiger partial charge in [-0.3, -0.25) is 9.59 Å². The van der Waals surface area contributed by atoms with Crippen LogP contribution < -0.4 is 5.32 Å². The lowest BCUT2D eigenvalue weighted by atomic mass is 9.88. The standard InChI is InChI=1S/C23H24F2N2O2/c1-14-18(22(28)26-17-11-10-15-5-2-6-16(15)13-17)7-4-12-27(14)23(29)21-19(24)8-3-9-20(21)25/h3,8-11,13-14,18H,2,4-7,12H2,1H3,(H,26,28)/t14-,18-/m0/s1. The second kappa shape index (κ2) is 7.93. The van der Waals surface area contributed by atoms with Crippen molar-refractivity contribution in [3.63, 3.8) is 0 Å². The van der Waals surface area contributed by atoms with E-state index in [1.165, 1.54) is 22.1 Å². The van der Waals surface area contributed by atoms with E-state index in [2.05, 4.69) is 11.4 Å². The molecular formula is C23H24F2N2O2. The highest BCUT2D eigenvalue weighted by atomic mass is 19.1. The third-order valence-electron chi connectivity index (χ3n) is 6.13. The zero-order chi connectivity index (χ0) is 20.5. The third-order valence-corrected chi connectivity index (χ3v) is 6.13. The smallest absolute Gasteiger partial charge is 0.260 e. The Hall–Kier alpha value is -2.76. The number of halogens is 2. The number of likely N-dealkylation sites (tertiary alicyclic amines) is 1. The van der Waals surface area contributed by atoms with Crippen LogP contribution in [-0.2, 0) is 17.6 Å². The minimum atomic E-state index is -0.882. The van der Waals surface area contributed by atoms with Crippen LogP contribution in [0.1, 0.15) is 47.7 Å². The summed E-state index contributed by atoms with van der Waals surface area (Å²) in [5.41, 5.74) is 2.80. The third kappa shape index (κ3) is 3.76. The number of rotatable bonds is 3. The minimum Gasteiger partial charge on any atom is -0.335 e. The Bertz CT molecular complexity index is 940. The molecule has 4 nitrogen and oxygen atoms in total. The first-order valence-electron chi connectivity index (χ1n) is 10.1. The summed E-state index contributed by atoms with van der Waals surface area (Å²) < 4.78 is 28.1. The van der Waals surface area contributed by atoms with Gasteiger partial charge in [0, 0.05) is 18.3 Å². The minimum absolute atomic E-state index is 0.165. The average molecular weight is 398 g/mol. The molecule has 1 aliphatic heterocycles. The maximum absolute atomic E-state index is 14.1. The summed E-state index contributed by atoms with van der Waals surface area (Å²) in [6.07, 6.45) is 4.47. The molecule has 0 unspecified atom stereocenters. The summed E-state index contributed by atoms with van der Waals surface area (Å²) >= 11 is 0. The number of hydrogen-bond donors (Lipinski definition) is 1. The summed E-state index contributed by atoms with van der Waals surface area (Å²) in [5.74, 6) is -3.07. The molecule has 0 aromatic heterocycles. The largest absolute Gasteiger partial charge is 0.335 e. The molecule has 1 fully saturated rings. The summed E-state index contributed by atoms with van der Waals surface area (Å²) in [6, 6.07) is 8.90. The lowest BCUT2D eigenvalue weighted by Crippen LogP contribution is -2.50. The van der Waals surface area contributed by atoms with E-state index in [9.17, 15) is 18.4 Å². The van der Waals surface area contributed by atoms with Gasteiger partial charge in [0.2, 0.25) is 5.91 Å². The molecule has 0 saturated carbocycles. The molecule has 2 amide bonds. The average Bonchev–Trinajstić information content (AvgIpc) is 3.15. The van der Waals surface area contributed by atoms with Gasteiger partial charge in [-0.2, -0.15) is 0 Å². The van der Waals surface area contributed by atoms with Crippen LogP contribution in [0.25, 0.3) is 0 Å². The van der Waals surface area contributed by atoms with Gasteiger partial charge in [0.15, 0.2) is 0 Å². The van der Waals surface area contributed by atoms with Crippen LogP contribution in [0.2, 0.25) is 0 Å². The number of benzene rings is 2. The number of nitrogens with zero attached hydrogens (tertiary/aromatic N) is 1. The molecule has 2 aromatic rings. The van der Waals surface area contributed by atoms with Gasteiger partial charge in [-0.1, -0.05) is 12.1 Å². The Labute approximate surface area is 168 Å². The van der Waals surface area contributed by atoms with Crippen molar-refractivity contribution >= 4 is 17.5 Å². The van der Waals surface area contributed by atoms with Crippen LogP contribution in [0.15, 0.2) is 36.4 Å². The zero-order valence-corrected chi connectivity index (χ0v) is 16.4. The first kappa shape index (κ1) is 19.6. The van der Waals surface area contributed by atoms with Crippen molar-refractivity contribution in [2.45, 2.75) is 45.1 Å². The number of piperidine rings is 1. The number of anilines is 1. The predicted octanol–water partition coefficient (Wildman–Crippen LogP) is 4.33. The number of nitrogens with one attached hydrogen (secondary N) is 1. The van der Waals surface area contributed by atoms with Crippen molar-refractivity contribution in [1.29, 1.82) is 0 Å². The highest BCUT2D eigenvalue weighted by Crippen LogP contribution is 2.29. The molecule has 1 N–H and O–H groups in total. The van der Waals surface area contributed by atoms with Crippen LogP contribution in [0, 0.1) is 17.6 Å². The van der Waals surface area contributed by atoms with Gasteiger partial charge in [0.25, 0.3) is 5.91 Å². The molecule has 0 radical (unpaired) electrons. The topological polar surface area (TPSA) is 49.4 Å². The molecule has 0 spiro atoms. The van der Waals surface area contributed by atoms with E-state index in [0.717, 1.165) is 37.1 Å². The SMILES string of the molecule is C[C@H]1[C@@H](C(=O)Nc2ccc3c(c2)CCC3)CCCN1C(=O)c1c(F)cccc1F. The Morgan fingerprint density at radius 1 is 1.03 bits per heavy atom. The lowest BCUT2D eigenvalue weighted by Gasteiger charge is -2.38. The Balaban J connectivity index is 1.50. The van der Waals surface area contributed by atoms with Crippen LogP contribution in [-0.4, -0.2) is 29.3 Å². The first-order chi connectivity index (χ1) is 14.0. The highest BCUT2D eigenvalue weighted by Gasteiger charge is 2.37. The maximum Gasteiger partial charge on any atom is 0.260 e. The molecule has 6 heteroatoms. The van der Waals surface area contributed by atoms with Crippen LogP contribution in [0.5, 0.6) is 0 Å². The molecule has 152 valence electrons. The van der Waals surface area contributed by atoms with Crippen molar-refractivity contribution < 1.29 is 18.4 Å². The summed E-state index contributed by atoms with van der Waals surface area (Å²) in [6.45, 7) is 2.14. The van der Waals surface area contributed by atoms with E-state index >= 15 is 0 Å². The molecule has 29 heavy (non-hydrogen) atoms. The summed E-state index contributed by atoms with van der Waals surface area (Å²) in [7, 11) is 0. The molecular weight excluding hydrogens is 374 g/mol. The molecule has 2 atom stereocenters. The van der Waals surface area contributed by atoms with Crippen molar-refractivity contribution in [2.75, 3.05) is 11.9 Å². The highest BCUT2D eigenvalue weighted by molar-refractivity contribution is 5.97. The van der Waals surface area contributed by atoms with Crippen molar-refractivity contribution in [3.8, 4) is 0 Å². The molecule has 0 bridgehead atoms. The van der Waals surface area contributed by atoms with E-state index in [1.807, 2.05) is 12.1 Å². The fourth-order valence-electron chi connectivity index (χ4n) is 4.51. The fraction of sp³-hybridized carbons (Fsp3) is 0.391. The van der Waals surface area contributed by atoms with E-state index in [4.69, 9.17) is 0 Å². The zero-order valence-electron chi connectivity index (χ0n) is 16.4. The molecule has 1 saturated heterocycles. The molecule has 2 aromatic carbocycles. The van der Waals surface area contributed by atoms with Crippen molar-refractivity contribution in [1.82, 2.24) is 4.90 Å². The number of carbonyl (C=O) groups is 2. The summed E-state index contributed by atoms with van der Waals surface area (Å²) in [4.78, 5) is 27.2. The van der Waals surface area contributed by atoms with E-state index < -0.39 is 35.1 Å². The van der Waals surface area contributed by atoms with Gasteiger partial charge < -0.3 is 10.2 Å². The molecule has 4 rings (SSSR count). The van der Waals surface area contributed by atoms with Crippen LogP contribution in [0.3, 0.4) is 0 Å². The monoisotopic (exact) mass is 398 g/mol. The predicted molar refractivity (Wildman–Crippen MR) is 107 cm³/mol. The lowest BCUT2D eigenvalue weighted by molar-refractivity contribution is -0.122. The van der Waals surface area contributed by atoms with E-state index in [-0.39, 0.29) is 5.91 Å². The second-order valence-electron chi connectivity index (χ2n) is 7.91. The van der Waals surface area contributed by atoms with Gasteiger partial charge in [-0.25, -0.2) is 8.78 Å². The van der Waals surface area contributed by atoms with E-state index in [0.29, 0.717) is 19.4 Å². The Morgan fingerprint density at radius 2 is 1.76 bits per heavy atom. The molecule has 1 heterocycles. The van der Waals surface area contributed by atoms with E-state index in [1.54, 1.807) is 6.92 Å².